The zero-order chi connectivity index (χ0) is 2.00. The van der Waals surface area contributed by atoms with Crippen molar-refractivity contribution in [3.05, 3.63) is 0 Å². The summed E-state index contributed by atoms with van der Waals surface area (Å²) in [4.78, 5) is 0. The molecule has 0 atom stereocenters. The number of rotatable bonds is 0. The molecule has 0 amide bonds. The Balaban J connectivity index is -0.00000000500. The van der Waals surface area contributed by atoms with Crippen molar-refractivity contribution in [2.24, 2.45) is 0 Å². The predicted octanol–water partition coefficient (Wildman–Crippen LogP) is -0.505. The van der Waals surface area contributed by atoms with E-state index in [0.29, 0.717) is 0 Å². The Kier molecular flexibility index (Phi) is 84.9. The van der Waals surface area contributed by atoms with Crippen LogP contribution < -0.4 is 0 Å². The van der Waals surface area contributed by atoms with Gasteiger partial charge in [-0.2, -0.15) is 0 Å². The first kappa shape index (κ1) is 16.7. The molecule has 0 N–H and O–H groups in total. The Bertz CT molecular complexity index is 8.00. The molecule has 0 aromatic carbocycles. The van der Waals surface area contributed by atoms with Gasteiger partial charge in [0.1, 0.15) is 0 Å². The first-order chi connectivity index (χ1) is 1.00. The van der Waals surface area contributed by atoms with Gasteiger partial charge in [0.05, 0.1) is 0 Å². The van der Waals surface area contributed by atoms with Gasteiger partial charge < -0.3 is 0 Å². The van der Waals surface area contributed by atoms with E-state index in [1.165, 1.54) is 0 Å². The second kappa shape index (κ2) is 20.3. The van der Waals surface area contributed by atoms with Crippen LogP contribution in [0.1, 0.15) is 0 Å². The van der Waals surface area contributed by atoms with Gasteiger partial charge in [0.2, 0.25) is 0 Å². The number of hydrogen-bond donors (Lipinski definition) is 0. The first-order valence-corrected chi connectivity index (χ1v) is 1.79. The fourth-order valence-corrected chi connectivity index (χ4v) is 0. The van der Waals surface area contributed by atoms with E-state index in [0.717, 1.165) is 0 Å². The van der Waals surface area contributed by atoms with Crippen LogP contribution in [0.4, 0.5) is 0 Å². The predicted molar refractivity (Wildman–Crippen MR) is 6.44 cm³/mol. The third-order valence-corrected chi connectivity index (χ3v) is 0. The summed E-state index contributed by atoms with van der Waals surface area (Å²) in [7, 11) is 0. The third kappa shape index (κ3) is 9.04. The molecular formula is NbNiOPb. The van der Waals surface area contributed by atoms with Crippen LogP contribution in [0.15, 0.2) is 0 Å². The molecular weight excluding hydrogens is 375 g/mol. The van der Waals surface area contributed by atoms with E-state index >= 15 is 0 Å². The second-order valence-corrected chi connectivity index (χ2v) is 0. The minimum atomic E-state index is 0. The fourth-order valence-electron chi connectivity index (χ4n) is 0. The molecule has 0 saturated carbocycles. The van der Waals surface area contributed by atoms with Crippen LogP contribution in [0, 0.1) is 0 Å². The van der Waals surface area contributed by atoms with Crippen LogP contribution >= 0.6 is 0 Å². The summed E-state index contributed by atoms with van der Waals surface area (Å²) >= 11 is 0.0556. The van der Waals surface area contributed by atoms with Crippen LogP contribution in [0.25, 0.3) is 0 Å². The van der Waals surface area contributed by atoms with E-state index in [-0.39, 0.29) is 64.7 Å². The summed E-state index contributed by atoms with van der Waals surface area (Å²) in [5.41, 5.74) is 0. The zero-order valence-electron chi connectivity index (χ0n) is 1.67. The summed E-state index contributed by atoms with van der Waals surface area (Å²) in [6.07, 6.45) is 0. The van der Waals surface area contributed by atoms with Gasteiger partial charge in [-0.05, 0) is 0 Å². The zero-order valence-corrected chi connectivity index (χ0v) is 8.75. The Hall–Kier alpha value is 1.96. The average molecular weight is 375 g/mol. The molecule has 0 unspecified atom stereocenters. The maximum atomic E-state index is 8.39. The van der Waals surface area contributed by atoms with Crippen LogP contribution in [-0.4, -0.2) is 25.8 Å². The summed E-state index contributed by atoms with van der Waals surface area (Å²) in [5.74, 6) is 0. The van der Waals surface area contributed by atoms with E-state index in [4.69, 9.17) is 2.69 Å². The van der Waals surface area contributed by atoms with Gasteiger partial charge in [0.25, 0.3) is 0 Å². The summed E-state index contributed by atoms with van der Waals surface area (Å²) in [6, 6.07) is 0. The quantitative estimate of drug-likeness (QED) is 0.522. The van der Waals surface area contributed by atoms with E-state index in [9.17, 15) is 0 Å². The van der Waals surface area contributed by atoms with Crippen molar-refractivity contribution in [2.45, 2.75) is 0 Å². The van der Waals surface area contributed by atoms with E-state index < -0.39 is 0 Å². The first-order valence-electron chi connectivity index (χ1n) is 0.204. The molecule has 0 fully saturated rings. The van der Waals surface area contributed by atoms with Crippen LogP contribution in [0.2, 0.25) is 0 Å². The molecule has 25 valence electrons. The van der Waals surface area contributed by atoms with Gasteiger partial charge >= 0.3 is 28.5 Å². The fraction of sp³-hybridized carbons (Fsp3) is 0. The van der Waals surface area contributed by atoms with Crippen molar-refractivity contribution >= 4 is 25.8 Å². The average Bonchev–Trinajstić information content (AvgIpc) is 1.00. The Morgan fingerprint density at radius 2 is 1.25 bits per heavy atom. The van der Waals surface area contributed by atoms with Gasteiger partial charge in [0, 0.05) is 38.9 Å². The molecule has 0 saturated heterocycles. The van der Waals surface area contributed by atoms with Gasteiger partial charge in [0.15, 0.2) is 0 Å². The number of hydrogen-bond acceptors (Lipinski definition) is 1. The molecule has 0 aliphatic heterocycles. The minimum absolute atomic E-state index is 0. The van der Waals surface area contributed by atoms with Crippen molar-refractivity contribution in [1.29, 1.82) is 0 Å². The molecule has 4 heavy (non-hydrogen) atoms. The van der Waals surface area contributed by atoms with Gasteiger partial charge in [-0.25, -0.2) is 0 Å². The molecule has 4 heteroatoms. The Morgan fingerprint density at radius 1 is 1.25 bits per heavy atom. The molecule has 1 nitrogen and oxygen atoms in total. The topological polar surface area (TPSA) is 17.1 Å². The molecule has 3 radical (unpaired) electrons. The van der Waals surface area contributed by atoms with Crippen molar-refractivity contribution in [2.75, 3.05) is 0 Å². The third-order valence-electron chi connectivity index (χ3n) is 0. The summed E-state index contributed by atoms with van der Waals surface area (Å²) in [5, 5.41) is 0. The normalized spacial score (nSPS) is 1.00. The maximum absolute atomic E-state index is 8.39. The van der Waals surface area contributed by atoms with E-state index in [1.807, 2.05) is 0 Å². The van der Waals surface area contributed by atoms with Crippen LogP contribution in [0.5, 0.6) is 0 Å². The van der Waals surface area contributed by atoms with Crippen LogP contribution in [0.3, 0.4) is 0 Å². The van der Waals surface area contributed by atoms with Gasteiger partial charge in [-0.3, -0.25) is 0 Å². The second-order valence-electron chi connectivity index (χ2n) is 0. The molecule has 0 heterocycles. The van der Waals surface area contributed by atoms with Crippen molar-refractivity contribution in [3.8, 4) is 0 Å². The molecule has 0 aromatic heterocycles. The Morgan fingerprint density at radius 3 is 1.25 bits per heavy atom. The summed E-state index contributed by atoms with van der Waals surface area (Å²) < 4.78 is 8.39. The standard InChI is InChI=1S/Nb.Ni.O.Pb. The van der Waals surface area contributed by atoms with E-state index in [1.54, 1.807) is 0 Å². The SMILES string of the molecule is [Nb].[Ni].[O]=[Pb]. The molecule has 0 spiro atoms. The monoisotopic (exact) mass is 375 g/mol. The van der Waals surface area contributed by atoms with Gasteiger partial charge in [-0.15, -0.1) is 0 Å². The van der Waals surface area contributed by atoms with Crippen molar-refractivity contribution in [3.63, 3.8) is 0 Å². The van der Waals surface area contributed by atoms with Gasteiger partial charge in [-0.1, -0.05) is 0 Å². The van der Waals surface area contributed by atoms with Crippen molar-refractivity contribution < 1.29 is 41.6 Å². The molecule has 0 aromatic rings. The van der Waals surface area contributed by atoms with Crippen molar-refractivity contribution in [1.82, 2.24) is 0 Å². The molecule has 0 aliphatic rings. The Labute approximate surface area is 66.5 Å². The molecule has 0 bridgehead atoms. The summed E-state index contributed by atoms with van der Waals surface area (Å²) in [6.45, 7) is 0. The molecule has 0 aliphatic carbocycles. The molecule has 0 rings (SSSR count). The van der Waals surface area contributed by atoms with Crippen LogP contribution in [-0.2, 0) is 41.6 Å². The van der Waals surface area contributed by atoms with E-state index in [2.05, 4.69) is 0 Å².